The number of sulfone groups is 1. The van der Waals surface area contributed by atoms with Crippen LogP contribution in [0.2, 0.25) is 0 Å². The number of nitrogens with zero attached hydrogens (tertiary/aromatic N) is 1. The molecule has 1 aliphatic carbocycles. The first-order valence-electron chi connectivity index (χ1n) is 6.75. The molecule has 1 aliphatic rings. The maximum Gasteiger partial charge on any atom is 0.254 e. The molecule has 1 atom stereocenters. The lowest BCUT2D eigenvalue weighted by Gasteiger charge is -2.29. The average Bonchev–Trinajstić information content (AvgIpc) is 3.17. The Labute approximate surface area is 126 Å². The number of rotatable bonds is 5. The van der Waals surface area contributed by atoms with Gasteiger partial charge in [-0.3, -0.25) is 4.79 Å². The lowest BCUT2D eigenvalue weighted by Crippen LogP contribution is -2.43. The Balaban J connectivity index is 2.31. The summed E-state index contributed by atoms with van der Waals surface area (Å²) in [5.41, 5.74) is -0.330. The fourth-order valence-corrected chi connectivity index (χ4v) is 3.46. The van der Waals surface area contributed by atoms with Crippen LogP contribution in [0.3, 0.4) is 0 Å². The number of carbonyl (C=O) groups is 1. The van der Waals surface area contributed by atoms with Gasteiger partial charge in [-0.2, -0.15) is 0 Å². The van der Waals surface area contributed by atoms with Gasteiger partial charge in [-0.15, -0.1) is 0 Å². The zero-order chi connectivity index (χ0) is 16.7. The molecule has 1 aromatic carbocycles. The number of hydrogen-bond acceptors (Lipinski definition) is 3. The molecule has 0 aromatic heterocycles. The maximum atomic E-state index is 13.3. The van der Waals surface area contributed by atoms with Crippen molar-refractivity contribution in [3.63, 3.8) is 0 Å². The Bertz CT molecular complexity index is 678. The molecular weight excluding hydrogens is 319 g/mol. The van der Waals surface area contributed by atoms with Crippen molar-refractivity contribution in [2.24, 2.45) is 0 Å². The fraction of sp³-hybridized carbons (Fsp3) is 0.500. The Morgan fingerprint density at radius 2 is 1.77 bits per heavy atom. The van der Waals surface area contributed by atoms with Gasteiger partial charge in [0.2, 0.25) is 0 Å². The highest BCUT2D eigenvalue weighted by atomic mass is 32.2. The van der Waals surface area contributed by atoms with Gasteiger partial charge in [0, 0.05) is 23.9 Å². The summed E-state index contributed by atoms with van der Waals surface area (Å²) in [7, 11) is -3.31. The molecule has 0 N–H and O–H groups in total. The predicted molar refractivity (Wildman–Crippen MR) is 74.7 cm³/mol. The normalized spacial score (nSPS) is 16.4. The number of benzene rings is 1. The summed E-state index contributed by atoms with van der Waals surface area (Å²) in [5, 5.41) is 0. The van der Waals surface area contributed by atoms with E-state index < -0.39 is 39.2 Å². The topological polar surface area (TPSA) is 54.5 Å². The number of halogens is 3. The van der Waals surface area contributed by atoms with Gasteiger partial charge in [-0.05, 0) is 31.9 Å². The van der Waals surface area contributed by atoms with Gasteiger partial charge in [0.15, 0.2) is 17.5 Å². The zero-order valence-corrected chi connectivity index (χ0v) is 13.0. The number of hydrogen-bond donors (Lipinski definition) is 0. The van der Waals surface area contributed by atoms with Crippen LogP contribution in [0, 0.1) is 17.5 Å². The van der Waals surface area contributed by atoms with Crippen LogP contribution in [0.25, 0.3) is 0 Å². The van der Waals surface area contributed by atoms with Gasteiger partial charge >= 0.3 is 0 Å². The minimum atomic E-state index is -3.31. The largest absolute Gasteiger partial charge is 0.332 e. The smallest absolute Gasteiger partial charge is 0.254 e. The van der Waals surface area contributed by atoms with Crippen LogP contribution < -0.4 is 0 Å². The summed E-state index contributed by atoms with van der Waals surface area (Å²) in [5.74, 6) is -5.48. The van der Waals surface area contributed by atoms with E-state index in [4.69, 9.17) is 0 Å². The second-order valence-electron chi connectivity index (χ2n) is 5.64. The van der Waals surface area contributed by atoms with Gasteiger partial charge in [-0.25, -0.2) is 21.6 Å². The molecule has 8 heteroatoms. The lowest BCUT2D eigenvalue weighted by atomic mass is 10.1. The van der Waals surface area contributed by atoms with E-state index in [-0.39, 0.29) is 17.4 Å². The van der Waals surface area contributed by atoms with Crippen molar-refractivity contribution in [3.8, 4) is 0 Å². The van der Waals surface area contributed by atoms with E-state index >= 15 is 0 Å². The van der Waals surface area contributed by atoms with Gasteiger partial charge in [-0.1, -0.05) is 0 Å². The molecule has 0 saturated heterocycles. The second-order valence-corrected chi connectivity index (χ2v) is 7.82. The van der Waals surface area contributed by atoms with Crippen molar-refractivity contribution >= 4 is 15.7 Å². The van der Waals surface area contributed by atoms with E-state index in [1.807, 2.05) is 0 Å². The number of amides is 1. The van der Waals surface area contributed by atoms with Crippen molar-refractivity contribution in [3.05, 3.63) is 35.1 Å². The average molecular weight is 335 g/mol. The molecule has 122 valence electrons. The molecule has 1 saturated carbocycles. The maximum absolute atomic E-state index is 13.3. The minimum absolute atomic E-state index is 0.152. The fourth-order valence-electron chi connectivity index (χ4n) is 2.43. The van der Waals surface area contributed by atoms with Crippen molar-refractivity contribution in [2.45, 2.75) is 31.8 Å². The van der Waals surface area contributed by atoms with Gasteiger partial charge in [0.25, 0.3) is 5.91 Å². The number of carbonyl (C=O) groups excluding carboxylic acids is 1. The standard InChI is InChI=1S/C14H16F3NO3S/c1-8(7-22(2,20)21)18(10-3-4-10)14(19)9-5-11(15)13(17)12(16)6-9/h5-6,8,10H,3-4,7H2,1-2H3/t8-/m0/s1. The molecule has 0 heterocycles. The summed E-state index contributed by atoms with van der Waals surface area (Å²) < 4.78 is 62.3. The molecule has 0 aliphatic heterocycles. The highest BCUT2D eigenvalue weighted by Crippen LogP contribution is 2.31. The highest BCUT2D eigenvalue weighted by Gasteiger charge is 2.37. The van der Waals surface area contributed by atoms with Gasteiger partial charge in [0.1, 0.15) is 9.84 Å². The van der Waals surface area contributed by atoms with Gasteiger partial charge < -0.3 is 4.90 Å². The summed E-state index contributed by atoms with van der Waals surface area (Å²) in [6, 6.07) is 0.471. The first-order valence-corrected chi connectivity index (χ1v) is 8.81. The predicted octanol–water partition coefficient (Wildman–Crippen LogP) is 2.14. The Kier molecular flexibility index (Phi) is 4.51. The quantitative estimate of drug-likeness (QED) is 0.775. The monoisotopic (exact) mass is 335 g/mol. The summed E-state index contributed by atoms with van der Waals surface area (Å²) in [4.78, 5) is 13.8. The summed E-state index contributed by atoms with van der Waals surface area (Å²) in [6.07, 6.45) is 2.45. The molecule has 1 amide bonds. The molecule has 22 heavy (non-hydrogen) atoms. The molecule has 0 bridgehead atoms. The Hall–Kier alpha value is -1.57. The molecule has 1 aromatic rings. The van der Waals surface area contributed by atoms with Crippen molar-refractivity contribution < 1.29 is 26.4 Å². The third-order valence-corrected chi connectivity index (χ3v) is 4.51. The second kappa shape index (κ2) is 5.91. The zero-order valence-electron chi connectivity index (χ0n) is 12.1. The summed E-state index contributed by atoms with van der Waals surface area (Å²) >= 11 is 0. The minimum Gasteiger partial charge on any atom is -0.332 e. The van der Waals surface area contributed by atoms with Crippen molar-refractivity contribution in [1.29, 1.82) is 0 Å². The first kappa shape index (κ1) is 16.8. The van der Waals surface area contributed by atoms with Gasteiger partial charge in [0.05, 0.1) is 5.75 Å². The highest BCUT2D eigenvalue weighted by molar-refractivity contribution is 7.90. The van der Waals surface area contributed by atoms with E-state index in [0.29, 0.717) is 25.0 Å². The van der Waals surface area contributed by atoms with E-state index in [1.54, 1.807) is 6.92 Å². The van der Waals surface area contributed by atoms with Crippen LogP contribution in [0.5, 0.6) is 0 Å². The molecule has 1 fully saturated rings. The molecule has 0 radical (unpaired) electrons. The molecule has 0 spiro atoms. The summed E-state index contributed by atoms with van der Waals surface area (Å²) in [6.45, 7) is 1.56. The van der Waals surface area contributed by atoms with Crippen LogP contribution in [0.1, 0.15) is 30.1 Å². The van der Waals surface area contributed by atoms with Crippen molar-refractivity contribution in [1.82, 2.24) is 4.90 Å². The van der Waals surface area contributed by atoms with E-state index in [0.717, 1.165) is 6.26 Å². The molecule has 0 unspecified atom stereocenters. The third kappa shape index (κ3) is 3.79. The van der Waals surface area contributed by atoms with Crippen LogP contribution >= 0.6 is 0 Å². The van der Waals surface area contributed by atoms with E-state index in [9.17, 15) is 26.4 Å². The molecule has 2 rings (SSSR count). The first-order chi connectivity index (χ1) is 10.1. The Morgan fingerprint density at radius 3 is 2.18 bits per heavy atom. The van der Waals surface area contributed by atoms with Crippen molar-refractivity contribution in [2.75, 3.05) is 12.0 Å². The van der Waals surface area contributed by atoms with Crippen LogP contribution in [-0.4, -0.2) is 43.3 Å². The van der Waals surface area contributed by atoms with Crippen LogP contribution in [0.4, 0.5) is 13.2 Å². The van der Waals surface area contributed by atoms with E-state index in [1.165, 1.54) is 4.90 Å². The van der Waals surface area contributed by atoms with E-state index in [2.05, 4.69) is 0 Å². The molecular formula is C14H16F3NO3S. The lowest BCUT2D eigenvalue weighted by molar-refractivity contribution is 0.0691. The van der Waals surface area contributed by atoms with Crippen LogP contribution in [0.15, 0.2) is 12.1 Å². The molecule has 4 nitrogen and oxygen atoms in total. The SMILES string of the molecule is C[C@@H](CS(C)(=O)=O)N(C(=O)c1cc(F)c(F)c(F)c1)C1CC1. The van der Waals surface area contributed by atoms with Crippen LogP contribution in [-0.2, 0) is 9.84 Å². The third-order valence-electron chi connectivity index (χ3n) is 3.42. The Morgan fingerprint density at radius 1 is 1.27 bits per heavy atom.